The van der Waals surface area contributed by atoms with E-state index in [-0.39, 0.29) is 36.2 Å². The van der Waals surface area contributed by atoms with Gasteiger partial charge in [0.15, 0.2) is 0 Å². The molecule has 3 fully saturated rings. The Labute approximate surface area is 333 Å². The molecule has 4 aromatic rings. The zero-order valence-corrected chi connectivity index (χ0v) is 33.5. The van der Waals surface area contributed by atoms with Gasteiger partial charge in [-0.15, -0.1) is 0 Å². The van der Waals surface area contributed by atoms with Crippen LogP contribution in [0.25, 0.3) is 10.9 Å². The zero-order chi connectivity index (χ0) is 39.6. The second-order valence-corrected chi connectivity index (χ2v) is 17.5. The first-order valence-corrected chi connectivity index (χ1v) is 20.8. The predicted octanol–water partition coefficient (Wildman–Crippen LogP) is 5.23. The highest BCUT2D eigenvalue weighted by Gasteiger charge is 2.41. The minimum atomic E-state index is -1.35. The van der Waals surface area contributed by atoms with Crippen LogP contribution in [-0.2, 0) is 22.6 Å². The van der Waals surface area contributed by atoms with Crippen LogP contribution in [0.3, 0.4) is 0 Å². The van der Waals surface area contributed by atoms with E-state index in [1.54, 1.807) is 18.7 Å². The first-order valence-electron chi connectivity index (χ1n) is 20.8. The van der Waals surface area contributed by atoms with Gasteiger partial charge in [0.05, 0.1) is 24.1 Å². The van der Waals surface area contributed by atoms with Gasteiger partial charge in [-0.3, -0.25) is 34.5 Å². The molecule has 4 atom stereocenters. The molecule has 2 aromatic carbocycles. The molecule has 0 spiro atoms. The largest absolute Gasteiger partial charge is 0.369 e. The molecule has 2 N–H and O–H groups in total. The number of piperazine rings is 1. The average Bonchev–Trinajstić information content (AvgIpc) is 3.74. The van der Waals surface area contributed by atoms with Gasteiger partial charge in [0.25, 0.3) is 5.91 Å². The van der Waals surface area contributed by atoms with Crippen LogP contribution in [-0.4, -0.2) is 117 Å². The third kappa shape index (κ3) is 7.17. The minimum Gasteiger partial charge on any atom is -0.369 e. The Hall–Kier alpha value is -4.88. The number of carbonyl (C=O) groups excluding carboxylic acids is 3. The highest BCUT2D eigenvalue weighted by Crippen LogP contribution is 2.41. The standard InChI is InChI=1S/C44H54FN9O3/c1-27-21-34-33-7-5-6-8-35(33)48-40(34)41(54(27)26-44(3,4)45)36-23-47-38(24-46-36)52-15-13-29(14-16-52)28(2)50-17-19-51(20-18-50)31-9-10-32-30(22-31)25-53(43(32)57)37-11-12-39(55)49-42(37)56/h5-10,22-24,27-29,37,41,48H,11-21,25-26H2,1-4H3,(H,49,55,56)/t27-,28?,37?,41-/m1/s1. The molecule has 0 saturated carbocycles. The summed E-state index contributed by atoms with van der Waals surface area (Å²) in [6, 6.07) is 14.3. The number of nitrogens with zero attached hydrogens (tertiary/aromatic N) is 7. The molecule has 9 rings (SSSR count). The number of nitrogens with one attached hydrogen (secondary N) is 2. The van der Waals surface area contributed by atoms with Crippen LogP contribution < -0.4 is 15.1 Å². The van der Waals surface area contributed by atoms with Crippen molar-refractivity contribution in [2.45, 2.75) is 96.2 Å². The normalized spacial score (nSPS) is 24.5. The van der Waals surface area contributed by atoms with Gasteiger partial charge in [-0.2, -0.15) is 0 Å². The topological polar surface area (TPSA) is 121 Å². The van der Waals surface area contributed by atoms with E-state index in [1.807, 2.05) is 30.6 Å². The first kappa shape index (κ1) is 37.7. The van der Waals surface area contributed by atoms with Crippen LogP contribution >= 0.6 is 0 Å². The monoisotopic (exact) mass is 775 g/mol. The lowest BCUT2D eigenvalue weighted by Gasteiger charge is -2.44. The van der Waals surface area contributed by atoms with E-state index in [0.717, 1.165) is 92.5 Å². The van der Waals surface area contributed by atoms with Crippen molar-refractivity contribution >= 4 is 40.1 Å². The third-order valence-electron chi connectivity index (χ3n) is 13.3. The van der Waals surface area contributed by atoms with Crippen LogP contribution in [0.4, 0.5) is 15.9 Å². The number of anilines is 2. The van der Waals surface area contributed by atoms with Crippen molar-refractivity contribution in [2.75, 3.05) is 55.6 Å². The Morgan fingerprint density at radius 2 is 1.70 bits per heavy atom. The molecule has 13 heteroatoms. The van der Waals surface area contributed by atoms with E-state index in [9.17, 15) is 14.4 Å². The Morgan fingerprint density at radius 3 is 2.42 bits per heavy atom. The molecular formula is C44H54FN9O3. The second kappa shape index (κ2) is 14.8. The Morgan fingerprint density at radius 1 is 0.930 bits per heavy atom. The number of aromatic nitrogens is 3. The Kier molecular flexibility index (Phi) is 9.79. The van der Waals surface area contributed by atoms with Crippen LogP contribution in [0.1, 0.15) is 92.3 Å². The number of hydrogen-bond acceptors (Lipinski definition) is 9. The quantitative estimate of drug-likeness (QED) is 0.232. The van der Waals surface area contributed by atoms with E-state index >= 15 is 4.39 Å². The summed E-state index contributed by atoms with van der Waals surface area (Å²) in [7, 11) is 0. The minimum absolute atomic E-state index is 0.135. The first-order chi connectivity index (χ1) is 27.4. The number of halogens is 1. The molecule has 5 aliphatic rings. The van der Waals surface area contributed by atoms with Crippen molar-refractivity contribution in [1.82, 2.24) is 35.0 Å². The lowest BCUT2D eigenvalue weighted by atomic mass is 9.89. The number of rotatable bonds is 8. The maximum Gasteiger partial charge on any atom is 0.255 e. The van der Waals surface area contributed by atoms with E-state index in [1.165, 1.54) is 10.9 Å². The van der Waals surface area contributed by atoms with E-state index < -0.39 is 11.7 Å². The molecule has 7 heterocycles. The maximum atomic E-state index is 15.2. The SMILES string of the molecule is CC(C1CCN(c2cnc([C@@H]3c4[nH]c5ccccc5c4C[C@@H](C)N3CC(C)(C)F)cn2)CC1)N1CCN(c2ccc3c(c2)CN(C2CCC(=O)NC2=O)C3=O)CC1. The van der Waals surface area contributed by atoms with Crippen molar-refractivity contribution in [2.24, 2.45) is 5.92 Å². The number of amides is 3. The number of piperidine rings is 2. The van der Waals surface area contributed by atoms with E-state index in [2.05, 4.69) is 68.0 Å². The van der Waals surface area contributed by atoms with Crippen LogP contribution in [0.2, 0.25) is 0 Å². The summed E-state index contributed by atoms with van der Waals surface area (Å²) >= 11 is 0. The summed E-state index contributed by atoms with van der Waals surface area (Å²) in [6.45, 7) is 14.2. The number of H-pyrrole nitrogens is 1. The van der Waals surface area contributed by atoms with Crippen molar-refractivity contribution in [3.05, 3.63) is 82.9 Å². The van der Waals surface area contributed by atoms with Crippen LogP contribution in [0, 0.1) is 5.92 Å². The van der Waals surface area contributed by atoms with Gasteiger partial charge in [0, 0.05) is 98.7 Å². The number of para-hydroxylation sites is 1. The van der Waals surface area contributed by atoms with Crippen molar-refractivity contribution < 1.29 is 18.8 Å². The number of alkyl halides is 1. The molecule has 300 valence electrons. The molecule has 0 radical (unpaired) electrons. The van der Waals surface area contributed by atoms with E-state index in [4.69, 9.17) is 9.97 Å². The lowest BCUT2D eigenvalue weighted by molar-refractivity contribution is -0.136. The van der Waals surface area contributed by atoms with Gasteiger partial charge in [0.1, 0.15) is 17.5 Å². The zero-order valence-electron chi connectivity index (χ0n) is 33.5. The smallest absolute Gasteiger partial charge is 0.255 e. The fourth-order valence-corrected chi connectivity index (χ4v) is 10.2. The van der Waals surface area contributed by atoms with Crippen LogP contribution in [0.15, 0.2) is 54.9 Å². The summed E-state index contributed by atoms with van der Waals surface area (Å²) in [5.74, 6) is 0.693. The van der Waals surface area contributed by atoms with E-state index in [0.29, 0.717) is 37.0 Å². The molecule has 0 bridgehead atoms. The van der Waals surface area contributed by atoms with Crippen molar-refractivity contribution in [1.29, 1.82) is 0 Å². The van der Waals surface area contributed by atoms with Gasteiger partial charge in [-0.1, -0.05) is 18.2 Å². The van der Waals surface area contributed by atoms with Gasteiger partial charge < -0.3 is 19.7 Å². The summed E-state index contributed by atoms with van der Waals surface area (Å²) in [5, 5.41) is 3.61. The summed E-state index contributed by atoms with van der Waals surface area (Å²) in [5.41, 5.74) is 5.68. The molecular weight excluding hydrogens is 722 g/mol. The van der Waals surface area contributed by atoms with Gasteiger partial charge in [-0.25, -0.2) is 9.37 Å². The number of imide groups is 1. The van der Waals surface area contributed by atoms with Gasteiger partial charge >= 0.3 is 0 Å². The number of fused-ring (bicyclic) bond motifs is 4. The fourth-order valence-electron chi connectivity index (χ4n) is 10.2. The number of aromatic amines is 1. The second-order valence-electron chi connectivity index (χ2n) is 17.5. The fraction of sp³-hybridized carbons (Fsp3) is 0.523. The molecule has 12 nitrogen and oxygen atoms in total. The summed E-state index contributed by atoms with van der Waals surface area (Å²) in [4.78, 5) is 62.3. The van der Waals surface area contributed by atoms with Crippen molar-refractivity contribution in [3.8, 4) is 0 Å². The van der Waals surface area contributed by atoms with Crippen molar-refractivity contribution in [3.63, 3.8) is 0 Å². The molecule has 57 heavy (non-hydrogen) atoms. The predicted molar refractivity (Wildman–Crippen MR) is 218 cm³/mol. The highest BCUT2D eigenvalue weighted by atomic mass is 19.1. The van der Waals surface area contributed by atoms with Gasteiger partial charge in [0.2, 0.25) is 11.8 Å². The Bertz CT molecular complexity index is 2170. The molecule has 2 aromatic heterocycles. The molecule has 3 amide bonds. The maximum absolute atomic E-state index is 15.2. The van der Waals surface area contributed by atoms with Crippen LogP contribution in [0.5, 0.6) is 0 Å². The number of benzene rings is 2. The third-order valence-corrected chi connectivity index (χ3v) is 13.3. The van der Waals surface area contributed by atoms with Gasteiger partial charge in [-0.05, 0) is 94.7 Å². The lowest BCUT2D eigenvalue weighted by Crippen LogP contribution is -2.53. The Balaban J connectivity index is 0.806. The average molecular weight is 776 g/mol. The molecule has 3 saturated heterocycles. The highest BCUT2D eigenvalue weighted by molar-refractivity contribution is 6.05. The molecule has 5 aliphatic heterocycles. The number of carbonyl (C=O) groups is 3. The summed E-state index contributed by atoms with van der Waals surface area (Å²) < 4.78 is 15.2. The molecule has 0 aliphatic carbocycles. The molecule has 2 unspecified atom stereocenters. The number of hydrogen-bond donors (Lipinski definition) is 2. The summed E-state index contributed by atoms with van der Waals surface area (Å²) in [6.07, 6.45) is 7.48.